The molecule has 2 aromatic carbocycles. The van der Waals surface area contributed by atoms with Gasteiger partial charge in [-0.1, -0.05) is 28.1 Å². The van der Waals surface area contributed by atoms with Crippen molar-refractivity contribution in [2.45, 2.75) is 13.2 Å². The number of nitrogens with one attached hydrogen (secondary N) is 1. The Morgan fingerprint density at radius 2 is 2.06 bits per heavy atom. The third kappa shape index (κ3) is 4.98. The zero-order chi connectivity index (χ0) is 21.8. The predicted octanol–water partition coefficient (Wildman–Crippen LogP) is 4.89. The number of carbonyl (C=O) groups is 1. The molecule has 0 aliphatic carbocycles. The summed E-state index contributed by atoms with van der Waals surface area (Å²) in [6.07, 6.45) is 3.33. The number of halogens is 1. The smallest absolute Gasteiger partial charge is 0.276 e. The van der Waals surface area contributed by atoms with Crippen LogP contribution in [0, 0.1) is 0 Å². The molecule has 0 saturated carbocycles. The van der Waals surface area contributed by atoms with Gasteiger partial charge in [-0.3, -0.25) is 9.69 Å². The van der Waals surface area contributed by atoms with E-state index in [0.717, 1.165) is 21.3 Å². The molecule has 1 aromatic heterocycles. The van der Waals surface area contributed by atoms with E-state index in [4.69, 9.17) is 26.1 Å². The van der Waals surface area contributed by atoms with Gasteiger partial charge in [-0.25, -0.2) is 0 Å². The van der Waals surface area contributed by atoms with Crippen LogP contribution in [0.25, 0.3) is 6.08 Å². The maximum atomic E-state index is 12.8. The van der Waals surface area contributed by atoms with Gasteiger partial charge in [-0.05, 0) is 66.3 Å². The van der Waals surface area contributed by atoms with E-state index in [1.165, 1.54) is 4.90 Å². The van der Waals surface area contributed by atoms with Gasteiger partial charge in [0.1, 0.15) is 29.6 Å². The first-order chi connectivity index (χ1) is 15.0. The van der Waals surface area contributed by atoms with Crippen LogP contribution < -0.4 is 14.8 Å². The summed E-state index contributed by atoms with van der Waals surface area (Å²) >= 11 is 8.76. The molecular weight excluding hydrogens is 480 g/mol. The van der Waals surface area contributed by atoms with Crippen LogP contribution in [0.2, 0.25) is 0 Å². The first-order valence-electron chi connectivity index (χ1n) is 9.45. The fourth-order valence-electron chi connectivity index (χ4n) is 3.16. The van der Waals surface area contributed by atoms with Gasteiger partial charge >= 0.3 is 0 Å². The molecule has 1 fully saturated rings. The molecule has 158 valence electrons. The Labute approximate surface area is 193 Å². The van der Waals surface area contributed by atoms with Crippen molar-refractivity contribution in [1.29, 1.82) is 0 Å². The Kier molecular flexibility index (Phi) is 6.39. The van der Waals surface area contributed by atoms with Crippen LogP contribution in [0.4, 0.5) is 0 Å². The lowest BCUT2D eigenvalue weighted by molar-refractivity contribution is -0.122. The maximum Gasteiger partial charge on any atom is 0.276 e. The van der Waals surface area contributed by atoms with E-state index in [1.807, 2.05) is 42.5 Å². The number of nitrogens with zero attached hydrogens (tertiary/aromatic N) is 1. The van der Waals surface area contributed by atoms with Gasteiger partial charge in [-0.2, -0.15) is 0 Å². The molecule has 1 aliphatic rings. The zero-order valence-corrected chi connectivity index (χ0v) is 19.0. The van der Waals surface area contributed by atoms with Crippen LogP contribution in [0.3, 0.4) is 0 Å². The average Bonchev–Trinajstić information content (AvgIpc) is 3.37. The monoisotopic (exact) mass is 498 g/mol. The highest BCUT2D eigenvalue weighted by atomic mass is 79.9. The number of thiocarbonyl (C=S) groups is 1. The zero-order valence-electron chi connectivity index (χ0n) is 16.6. The predicted molar refractivity (Wildman–Crippen MR) is 124 cm³/mol. The minimum Gasteiger partial charge on any atom is -0.496 e. The number of ether oxygens (including phenoxy) is 2. The quantitative estimate of drug-likeness (QED) is 0.369. The second kappa shape index (κ2) is 9.36. The van der Waals surface area contributed by atoms with Crippen molar-refractivity contribution < 1.29 is 18.7 Å². The Bertz CT molecular complexity index is 1140. The fourth-order valence-corrected chi connectivity index (χ4v) is 3.79. The van der Waals surface area contributed by atoms with Crippen molar-refractivity contribution in [2.75, 3.05) is 7.11 Å². The van der Waals surface area contributed by atoms with Crippen LogP contribution in [0.1, 0.15) is 16.9 Å². The second-order valence-corrected chi connectivity index (χ2v) is 8.08. The molecule has 1 N–H and O–H groups in total. The van der Waals surface area contributed by atoms with Gasteiger partial charge < -0.3 is 19.2 Å². The van der Waals surface area contributed by atoms with Gasteiger partial charge in [0.2, 0.25) is 0 Å². The number of methoxy groups -OCH3 is 1. The summed E-state index contributed by atoms with van der Waals surface area (Å²) in [5, 5.41) is 3.33. The molecular formula is C23H19BrN2O4S. The molecule has 1 saturated heterocycles. The molecule has 8 heteroatoms. The highest BCUT2D eigenvalue weighted by molar-refractivity contribution is 9.10. The van der Waals surface area contributed by atoms with Crippen molar-refractivity contribution >= 4 is 45.2 Å². The number of hydrogen-bond donors (Lipinski definition) is 1. The number of carbonyl (C=O) groups excluding carboxylic acids is 1. The van der Waals surface area contributed by atoms with Crippen LogP contribution >= 0.6 is 28.1 Å². The molecule has 2 heterocycles. The Morgan fingerprint density at radius 3 is 2.81 bits per heavy atom. The number of benzene rings is 2. The molecule has 0 radical (unpaired) electrons. The molecule has 4 rings (SSSR count). The lowest BCUT2D eigenvalue weighted by Crippen LogP contribution is -2.29. The van der Waals surface area contributed by atoms with Gasteiger partial charge in [0.05, 0.1) is 19.9 Å². The summed E-state index contributed by atoms with van der Waals surface area (Å²) < 4.78 is 17.6. The summed E-state index contributed by atoms with van der Waals surface area (Å²) in [6, 6.07) is 16.9. The fraction of sp³-hybridized carbons (Fsp3) is 0.130. The van der Waals surface area contributed by atoms with Gasteiger partial charge in [-0.15, -0.1) is 0 Å². The molecule has 0 atom stereocenters. The molecule has 3 aromatic rings. The van der Waals surface area contributed by atoms with Gasteiger partial charge in [0.25, 0.3) is 5.91 Å². The van der Waals surface area contributed by atoms with E-state index in [0.29, 0.717) is 28.9 Å². The van der Waals surface area contributed by atoms with E-state index >= 15 is 0 Å². The van der Waals surface area contributed by atoms with E-state index in [9.17, 15) is 4.79 Å². The molecule has 1 amide bonds. The third-order valence-electron chi connectivity index (χ3n) is 4.66. The van der Waals surface area contributed by atoms with Crippen molar-refractivity contribution in [3.63, 3.8) is 0 Å². The average molecular weight is 499 g/mol. The summed E-state index contributed by atoms with van der Waals surface area (Å²) in [4.78, 5) is 14.3. The number of rotatable bonds is 7. The molecule has 0 unspecified atom stereocenters. The van der Waals surface area contributed by atoms with Crippen molar-refractivity contribution in [2.24, 2.45) is 0 Å². The molecule has 0 bridgehead atoms. The van der Waals surface area contributed by atoms with E-state index in [2.05, 4.69) is 21.2 Å². The van der Waals surface area contributed by atoms with Gasteiger partial charge in [0.15, 0.2) is 5.11 Å². The topological polar surface area (TPSA) is 63.9 Å². The van der Waals surface area contributed by atoms with Crippen LogP contribution in [-0.4, -0.2) is 23.0 Å². The lowest BCUT2D eigenvalue weighted by atomic mass is 10.1. The normalized spacial score (nSPS) is 14.8. The Morgan fingerprint density at radius 1 is 1.19 bits per heavy atom. The molecule has 31 heavy (non-hydrogen) atoms. The van der Waals surface area contributed by atoms with Gasteiger partial charge in [0, 0.05) is 10.0 Å². The minimum atomic E-state index is -0.204. The standard InChI is InChI=1S/C23H19BrN2O4S/c1-28-21-8-7-15(10-16(21)14-30-18-5-2-4-17(24)12-18)11-20-22(27)26(23(31)25-20)13-19-6-3-9-29-19/h2-12H,13-14H2,1H3,(H,25,31)/b20-11+. The number of furan rings is 1. The summed E-state index contributed by atoms with van der Waals surface area (Å²) in [5.41, 5.74) is 2.09. The van der Waals surface area contributed by atoms with Crippen LogP contribution in [0.15, 0.2) is 75.4 Å². The highest BCUT2D eigenvalue weighted by Gasteiger charge is 2.31. The Hall–Kier alpha value is -3.10. The molecule has 0 spiro atoms. The second-order valence-electron chi connectivity index (χ2n) is 6.78. The SMILES string of the molecule is COc1ccc(/C=C2/NC(=S)N(Cc3ccco3)C2=O)cc1COc1cccc(Br)c1. The molecule has 6 nitrogen and oxygen atoms in total. The summed E-state index contributed by atoms with van der Waals surface area (Å²) in [7, 11) is 1.61. The maximum absolute atomic E-state index is 12.8. The summed E-state index contributed by atoms with van der Waals surface area (Å²) in [6.45, 7) is 0.602. The van der Waals surface area contributed by atoms with E-state index in [-0.39, 0.29) is 12.5 Å². The number of amides is 1. The number of hydrogen-bond acceptors (Lipinski definition) is 5. The highest BCUT2D eigenvalue weighted by Crippen LogP contribution is 2.25. The van der Waals surface area contributed by atoms with Crippen LogP contribution in [-0.2, 0) is 17.9 Å². The van der Waals surface area contributed by atoms with E-state index in [1.54, 1.807) is 31.6 Å². The first-order valence-corrected chi connectivity index (χ1v) is 10.7. The minimum absolute atomic E-state index is 0.204. The van der Waals surface area contributed by atoms with Crippen molar-refractivity contribution in [3.05, 3.63) is 87.9 Å². The van der Waals surface area contributed by atoms with E-state index < -0.39 is 0 Å². The Balaban J connectivity index is 1.52. The molecule has 1 aliphatic heterocycles. The lowest BCUT2D eigenvalue weighted by Gasteiger charge is -2.12. The largest absolute Gasteiger partial charge is 0.496 e. The third-order valence-corrected chi connectivity index (χ3v) is 5.48. The first kappa shape index (κ1) is 21.1. The summed E-state index contributed by atoms with van der Waals surface area (Å²) in [5.74, 6) is 1.91. The van der Waals surface area contributed by atoms with Crippen molar-refractivity contribution in [1.82, 2.24) is 10.2 Å². The van der Waals surface area contributed by atoms with Crippen molar-refractivity contribution in [3.8, 4) is 11.5 Å². The van der Waals surface area contributed by atoms with Crippen LogP contribution in [0.5, 0.6) is 11.5 Å².